The smallest absolute Gasteiger partial charge is 0.253 e. The van der Waals surface area contributed by atoms with Crippen molar-refractivity contribution in [1.82, 2.24) is 4.90 Å². The summed E-state index contributed by atoms with van der Waals surface area (Å²) >= 11 is 8.03. The maximum absolute atomic E-state index is 13.3. The van der Waals surface area contributed by atoms with E-state index in [0.717, 1.165) is 26.1 Å². The lowest BCUT2D eigenvalue weighted by Gasteiger charge is -2.31. The van der Waals surface area contributed by atoms with Gasteiger partial charge < -0.3 is 10.6 Å². The van der Waals surface area contributed by atoms with Gasteiger partial charge in [0.15, 0.2) is 0 Å². The molecule has 1 aliphatic rings. The van der Waals surface area contributed by atoms with Crippen LogP contribution in [0.3, 0.4) is 0 Å². The Balaban J connectivity index is 1.56. The predicted octanol–water partition coefficient (Wildman–Crippen LogP) is 5.55. The molecule has 4 rings (SSSR count). The Morgan fingerprint density at radius 2 is 1.79 bits per heavy atom. The summed E-state index contributed by atoms with van der Waals surface area (Å²) in [5, 5.41) is 1.72. The molecule has 1 aromatic heterocycles. The number of carbonyl (C=O) groups excluding carboxylic acids is 1. The first-order valence-electron chi connectivity index (χ1n) is 9.06. The Labute approximate surface area is 170 Å². The molecule has 146 valence electrons. The number of hydrogen-bond donors (Lipinski definition) is 1. The molecule has 1 amide bonds. The van der Waals surface area contributed by atoms with Crippen molar-refractivity contribution in [1.29, 1.82) is 0 Å². The van der Waals surface area contributed by atoms with E-state index in [2.05, 4.69) is 6.07 Å². The summed E-state index contributed by atoms with van der Waals surface area (Å²) in [6, 6.07) is 13.2. The van der Waals surface area contributed by atoms with E-state index in [4.69, 9.17) is 17.3 Å². The van der Waals surface area contributed by atoms with E-state index in [1.54, 1.807) is 23.5 Å². The molecule has 2 N–H and O–H groups in total. The summed E-state index contributed by atoms with van der Waals surface area (Å²) in [4.78, 5) is 15.1. The molecule has 0 aliphatic carbocycles. The maximum Gasteiger partial charge on any atom is 0.253 e. The SMILES string of the molecule is NCc1cc2cc(-c3ccc(C(=O)N4CCC(F)(F)CC4)cc3)cc(Cl)c2s1. The van der Waals surface area contributed by atoms with E-state index in [-0.39, 0.29) is 31.8 Å². The molecule has 1 saturated heterocycles. The number of halogens is 3. The minimum atomic E-state index is -2.66. The van der Waals surface area contributed by atoms with Gasteiger partial charge in [0.05, 0.1) is 9.72 Å². The van der Waals surface area contributed by atoms with Crippen LogP contribution in [0.25, 0.3) is 21.2 Å². The number of amides is 1. The summed E-state index contributed by atoms with van der Waals surface area (Å²) in [5.74, 6) is -2.87. The highest BCUT2D eigenvalue weighted by Gasteiger charge is 2.35. The van der Waals surface area contributed by atoms with Gasteiger partial charge in [-0.2, -0.15) is 0 Å². The molecule has 7 heteroatoms. The highest BCUT2D eigenvalue weighted by molar-refractivity contribution is 7.19. The van der Waals surface area contributed by atoms with Gasteiger partial charge in [-0.05, 0) is 46.8 Å². The van der Waals surface area contributed by atoms with Crippen LogP contribution < -0.4 is 5.73 Å². The maximum atomic E-state index is 13.3. The summed E-state index contributed by atoms with van der Waals surface area (Å²) in [6.07, 6.45) is -0.554. The van der Waals surface area contributed by atoms with Crippen molar-refractivity contribution < 1.29 is 13.6 Å². The van der Waals surface area contributed by atoms with E-state index in [0.29, 0.717) is 17.1 Å². The minimum Gasteiger partial charge on any atom is -0.338 e. The van der Waals surface area contributed by atoms with Crippen molar-refractivity contribution in [2.75, 3.05) is 13.1 Å². The zero-order valence-electron chi connectivity index (χ0n) is 15.1. The lowest BCUT2D eigenvalue weighted by molar-refractivity contribution is -0.0494. The third-order valence-electron chi connectivity index (χ3n) is 5.07. The van der Waals surface area contributed by atoms with Crippen molar-refractivity contribution >= 4 is 38.9 Å². The van der Waals surface area contributed by atoms with Crippen molar-refractivity contribution in [2.45, 2.75) is 25.3 Å². The minimum absolute atomic E-state index is 0.0848. The molecule has 3 aromatic rings. The molecule has 0 unspecified atom stereocenters. The van der Waals surface area contributed by atoms with Crippen LogP contribution in [0.2, 0.25) is 5.02 Å². The largest absolute Gasteiger partial charge is 0.338 e. The van der Waals surface area contributed by atoms with Crippen LogP contribution >= 0.6 is 22.9 Å². The second-order valence-corrected chi connectivity index (χ2v) is 8.56. The fourth-order valence-corrected chi connectivity index (χ4v) is 4.72. The molecular weight excluding hydrogens is 402 g/mol. The fraction of sp³-hybridized carbons (Fsp3) is 0.286. The Morgan fingerprint density at radius 3 is 2.43 bits per heavy atom. The molecule has 0 saturated carbocycles. The normalized spacial score (nSPS) is 16.5. The second-order valence-electron chi connectivity index (χ2n) is 7.02. The monoisotopic (exact) mass is 420 g/mol. The Kier molecular flexibility index (Phi) is 5.12. The highest BCUT2D eigenvalue weighted by atomic mass is 35.5. The molecule has 0 spiro atoms. The molecule has 0 radical (unpaired) electrons. The van der Waals surface area contributed by atoms with Crippen LogP contribution in [0.4, 0.5) is 8.78 Å². The molecule has 2 aromatic carbocycles. The predicted molar refractivity (Wildman–Crippen MR) is 110 cm³/mol. The Bertz CT molecular complexity index is 1020. The number of nitrogens with two attached hydrogens (primary N) is 1. The van der Waals surface area contributed by atoms with Crippen molar-refractivity contribution in [3.05, 3.63) is 57.9 Å². The van der Waals surface area contributed by atoms with Gasteiger partial charge in [0.25, 0.3) is 11.8 Å². The molecule has 1 fully saturated rings. The van der Waals surface area contributed by atoms with Gasteiger partial charge >= 0.3 is 0 Å². The number of carbonyl (C=O) groups is 1. The van der Waals surface area contributed by atoms with Gasteiger partial charge in [-0.25, -0.2) is 8.78 Å². The molecule has 0 bridgehead atoms. The van der Waals surface area contributed by atoms with Crippen LogP contribution in [-0.2, 0) is 6.54 Å². The van der Waals surface area contributed by atoms with Crippen LogP contribution in [0.1, 0.15) is 28.1 Å². The first-order valence-corrected chi connectivity index (χ1v) is 10.3. The number of benzene rings is 2. The first-order chi connectivity index (χ1) is 13.4. The quantitative estimate of drug-likeness (QED) is 0.603. The zero-order valence-corrected chi connectivity index (χ0v) is 16.6. The van der Waals surface area contributed by atoms with Gasteiger partial charge in [0.2, 0.25) is 0 Å². The van der Waals surface area contributed by atoms with Gasteiger partial charge in [0, 0.05) is 42.9 Å². The average molecular weight is 421 g/mol. The molecular formula is C21H19ClF2N2OS. The number of likely N-dealkylation sites (tertiary alicyclic amines) is 1. The Morgan fingerprint density at radius 1 is 1.11 bits per heavy atom. The van der Waals surface area contributed by atoms with Crippen molar-refractivity contribution in [3.63, 3.8) is 0 Å². The molecule has 1 aliphatic heterocycles. The van der Waals surface area contributed by atoms with E-state index >= 15 is 0 Å². The number of alkyl halides is 2. The number of hydrogen-bond acceptors (Lipinski definition) is 3. The lowest BCUT2D eigenvalue weighted by atomic mass is 10.0. The molecule has 3 nitrogen and oxygen atoms in total. The third kappa shape index (κ3) is 3.77. The van der Waals surface area contributed by atoms with Crippen LogP contribution in [0.5, 0.6) is 0 Å². The second kappa shape index (κ2) is 7.43. The van der Waals surface area contributed by atoms with Gasteiger partial charge in [-0.1, -0.05) is 23.7 Å². The molecule has 2 heterocycles. The number of nitrogens with zero attached hydrogens (tertiary/aromatic N) is 1. The average Bonchev–Trinajstić information content (AvgIpc) is 3.11. The highest BCUT2D eigenvalue weighted by Crippen LogP contribution is 2.36. The lowest BCUT2D eigenvalue weighted by Crippen LogP contribution is -2.42. The zero-order chi connectivity index (χ0) is 19.9. The van der Waals surface area contributed by atoms with Crippen LogP contribution in [0, 0.1) is 0 Å². The third-order valence-corrected chi connectivity index (χ3v) is 6.69. The fourth-order valence-electron chi connectivity index (χ4n) is 3.46. The Hall–Kier alpha value is -2.02. The summed E-state index contributed by atoms with van der Waals surface area (Å²) < 4.78 is 27.6. The number of fused-ring (bicyclic) bond motifs is 1. The molecule has 0 atom stereocenters. The van der Waals surface area contributed by atoms with E-state index in [1.807, 2.05) is 24.3 Å². The van der Waals surface area contributed by atoms with E-state index in [9.17, 15) is 13.6 Å². The number of thiophene rings is 1. The van der Waals surface area contributed by atoms with Crippen molar-refractivity contribution in [2.24, 2.45) is 5.73 Å². The van der Waals surface area contributed by atoms with E-state index in [1.165, 1.54) is 4.90 Å². The molecule has 28 heavy (non-hydrogen) atoms. The van der Waals surface area contributed by atoms with Gasteiger partial charge in [-0.3, -0.25) is 4.79 Å². The van der Waals surface area contributed by atoms with Crippen molar-refractivity contribution in [3.8, 4) is 11.1 Å². The van der Waals surface area contributed by atoms with Gasteiger partial charge in [0.1, 0.15) is 0 Å². The summed E-state index contributed by atoms with van der Waals surface area (Å²) in [7, 11) is 0. The topological polar surface area (TPSA) is 46.3 Å². The van der Waals surface area contributed by atoms with Gasteiger partial charge in [-0.15, -0.1) is 11.3 Å². The summed E-state index contributed by atoms with van der Waals surface area (Å²) in [5.41, 5.74) is 8.12. The first kappa shape index (κ1) is 19.3. The van der Waals surface area contributed by atoms with Crippen LogP contribution in [0.15, 0.2) is 42.5 Å². The number of rotatable bonds is 3. The standard InChI is InChI=1S/C21H19ClF2N2OS/c22-18-11-15(9-16-10-17(12-25)28-19(16)18)13-1-3-14(4-2-13)20(27)26-7-5-21(23,24)6-8-26/h1-4,9-11H,5-8,12,25H2. The summed E-state index contributed by atoms with van der Waals surface area (Å²) in [6.45, 7) is 0.646. The van der Waals surface area contributed by atoms with E-state index < -0.39 is 5.92 Å². The van der Waals surface area contributed by atoms with Crippen LogP contribution in [-0.4, -0.2) is 29.8 Å². The number of piperidine rings is 1.